The van der Waals surface area contributed by atoms with E-state index in [-0.39, 0.29) is 18.0 Å². The van der Waals surface area contributed by atoms with Crippen molar-refractivity contribution < 1.29 is 9.59 Å². The van der Waals surface area contributed by atoms with Crippen molar-refractivity contribution in [3.05, 3.63) is 60.2 Å². The maximum atomic E-state index is 12.7. The lowest BCUT2D eigenvalue weighted by molar-refractivity contribution is -0.133. The quantitative estimate of drug-likeness (QED) is 0.691. The number of benzene rings is 2. The minimum atomic E-state index is -0.201. The van der Waals surface area contributed by atoms with E-state index < -0.39 is 0 Å². The molecule has 166 valence electrons. The van der Waals surface area contributed by atoms with Gasteiger partial charge in [-0.15, -0.1) is 0 Å². The van der Waals surface area contributed by atoms with Crippen molar-refractivity contribution in [3.8, 4) is 0 Å². The van der Waals surface area contributed by atoms with E-state index >= 15 is 0 Å². The lowest BCUT2D eigenvalue weighted by Crippen LogP contribution is -2.47. The summed E-state index contributed by atoms with van der Waals surface area (Å²) in [6, 6.07) is 18.0. The molecule has 0 radical (unpaired) electrons. The monoisotopic (exact) mass is 422 g/mol. The number of nitrogens with zero attached hydrogens (tertiary/aromatic N) is 2. The van der Waals surface area contributed by atoms with Crippen LogP contribution < -0.4 is 15.5 Å². The minimum Gasteiger partial charge on any atom is -0.369 e. The summed E-state index contributed by atoms with van der Waals surface area (Å²) in [4.78, 5) is 28.9. The molecule has 2 aromatic rings. The molecule has 31 heavy (non-hydrogen) atoms. The van der Waals surface area contributed by atoms with E-state index in [1.165, 1.54) is 5.56 Å². The molecule has 1 heterocycles. The van der Waals surface area contributed by atoms with E-state index in [1.807, 2.05) is 54.4 Å². The average molecular weight is 423 g/mol. The molecule has 0 unspecified atom stereocenters. The molecule has 1 saturated heterocycles. The van der Waals surface area contributed by atoms with Gasteiger partial charge in [-0.25, -0.2) is 4.79 Å². The van der Waals surface area contributed by atoms with Crippen LogP contribution >= 0.6 is 0 Å². The Morgan fingerprint density at radius 1 is 1.03 bits per heavy atom. The highest BCUT2D eigenvalue weighted by Gasteiger charge is 2.24. The van der Waals surface area contributed by atoms with Gasteiger partial charge >= 0.3 is 6.03 Å². The fourth-order valence-corrected chi connectivity index (χ4v) is 3.95. The summed E-state index contributed by atoms with van der Waals surface area (Å²) in [6.45, 7) is 6.28. The van der Waals surface area contributed by atoms with E-state index in [1.54, 1.807) is 0 Å². The average Bonchev–Trinajstić information content (AvgIpc) is 2.74. The molecule has 2 aromatic carbocycles. The second-order valence-electron chi connectivity index (χ2n) is 8.71. The molecular formula is C25H34N4O2. The number of likely N-dealkylation sites (tertiary alicyclic amines) is 1. The van der Waals surface area contributed by atoms with E-state index in [9.17, 15) is 9.59 Å². The molecule has 0 aliphatic carbocycles. The molecule has 2 N–H and O–H groups in total. The van der Waals surface area contributed by atoms with Crippen LogP contribution in [0.15, 0.2) is 54.6 Å². The Morgan fingerprint density at radius 2 is 1.68 bits per heavy atom. The molecule has 3 rings (SSSR count). The predicted molar refractivity (Wildman–Crippen MR) is 126 cm³/mol. The van der Waals surface area contributed by atoms with Gasteiger partial charge in [0.25, 0.3) is 0 Å². The maximum absolute atomic E-state index is 12.7. The third-order valence-electron chi connectivity index (χ3n) is 5.59. The number of hydrogen-bond donors (Lipinski definition) is 2. The normalized spacial score (nSPS) is 14.4. The first-order valence-electron chi connectivity index (χ1n) is 11.1. The number of amides is 3. The highest BCUT2D eigenvalue weighted by Crippen LogP contribution is 2.26. The smallest absolute Gasteiger partial charge is 0.319 e. The summed E-state index contributed by atoms with van der Waals surface area (Å²) in [5.74, 6) is 0.586. The standard InChI is InChI=1S/C25H34N4O2/c1-19(2)17-24(30)29-15-13-21(14-16-29)26-25(31)27-22-11-7-8-12-23(22)28(3)18-20-9-5-4-6-10-20/h4-12,19,21H,13-18H2,1-3H3,(H2,26,27,31). The number of rotatable bonds is 7. The molecule has 6 heteroatoms. The van der Waals surface area contributed by atoms with Gasteiger partial charge in [0.1, 0.15) is 0 Å². The number of nitrogens with one attached hydrogen (secondary N) is 2. The SMILES string of the molecule is CC(C)CC(=O)N1CCC(NC(=O)Nc2ccccc2N(C)Cc2ccccc2)CC1. The zero-order valence-electron chi connectivity index (χ0n) is 18.8. The van der Waals surface area contributed by atoms with E-state index in [4.69, 9.17) is 0 Å². The Labute approximate surface area is 185 Å². The van der Waals surface area contributed by atoms with Crippen LogP contribution in [0.2, 0.25) is 0 Å². The zero-order chi connectivity index (χ0) is 22.2. The van der Waals surface area contributed by atoms with Gasteiger partial charge in [0.2, 0.25) is 5.91 Å². The lowest BCUT2D eigenvalue weighted by Gasteiger charge is -2.33. The van der Waals surface area contributed by atoms with Gasteiger partial charge in [-0.3, -0.25) is 4.79 Å². The van der Waals surface area contributed by atoms with Gasteiger partial charge in [0.15, 0.2) is 0 Å². The van der Waals surface area contributed by atoms with Gasteiger partial charge in [0, 0.05) is 39.1 Å². The van der Waals surface area contributed by atoms with Crippen LogP contribution in [-0.4, -0.2) is 43.0 Å². The predicted octanol–water partition coefficient (Wildman–Crippen LogP) is 4.48. The number of urea groups is 1. The Bertz CT molecular complexity index is 861. The molecule has 3 amide bonds. The lowest BCUT2D eigenvalue weighted by atomic mass is 10.0. The molecule has 0 saturated carbocycles. The van der Waals surface area contributed by atoms with Crippen LogP contribution in [0.25, 0.3) is 0 Å². The number of carbonyl (C=O) groups is 2. The van der Waals surface area contributed by atoms with Crippen LogP contribution in [-0.2, 0) is 11.3 Å². The number of piperidine rings is 1. The van der Waals surface area contributed by atoms with Gasteiger partial charge < -0.3 is 20.4 Å². The molecule has 0 atom stereocenters. The molecular weight excluding hydrogens is 388 g/mol. The van der Waals surface area contributed by atoms with Crippen LogP contribution in [0.4, 0.5) is 16.2 Å². The van der Waals surface area contributed by atoms with Gasteiger partial charge in [0.05, 0.1) is 11.4 Å². The van der Waals surface area contributed by atoms with Crippen LogP contribution in [0.5, 0.6) is 0 Å². The van der Waals surface area contributed by atoms with Crippen molar-refractivity contribution in [2.75, 3.05) is 30.4 Å². The Balaban J connectivity index is 1.53. The third-order valence-corrected chi connectivity index (χ3v) is 5.59. The van der Waals surface area contributed by atoms with Gasteiger partial charge in [-0.1, -0.05) is 56.3 Å². The fourth-order valence-electron chi connectivity index (χ4n) is 3.95. The Kier molecular flexibility index (Phi) is 7.93. The highest BCUT2D eigenvalue weighted by atomic mass is 16.2. The molecule has 0 bridgehead atoms. The van der Waals surface area contributed by atoms with Gasteiger partial charge in [-0.05, 0) is 36.5 Å². The van der Waals surface area contributed by atoms with E-state index in [0.717, 1.165) is 30.8 Å². The van der Waals surface area contributed by atoms with Crippen molar-refractivity contribution in [1.29, 1.82) is 0 Å². The summed E-state index contributed by atoms with van der Waals surface area (Å²) in [5, 5.41) is 6.09. The van der Waals surface area contributed by atoms with Crippen molar-refractivity contribution in [2.45, 2.75) is 45.7 Å². The number of hydrogen-bond acceptors (Lipinski definition) is 3. The van der Waals surface area contributed by atoms with E-state index in [0.29, 0.717) is 25.4 Å². The molecule has 1 aliphatic rings. The number of para-hydroxylation sites is 2. The Morgan fingerprint density at radius 3 is 2.35 bits per heavy atom. The highest BCUT2D eigenvalue weighted by molar-refractivity contribution is 5.93. The molecule has 1 aliphatic heterocycles. The molecule has 6 nitrogen and oxygen atoms in total. The maximum Gasteiger partial charge on any atom is 0.319 e. The molecule has 1 fully saturated rings. The van der Waals surface area contributed by atoms with Crippen molar-refractivity contribution in [2.24, 2.45) is 5.92 Å². The first-order valence-corrected chi connectivity index (χ1v) is 11.1. The second kappa shape index (κ2) is 10.8. The molecule has 0 aromatic heterocycles. The fraction of sp³-hybridized carbons (Fsp3) is 0.440. The van der Waals surface area contributed by atoms with Crippen LogP contribution in [0.3, 0.4) is 0 Å². The molecule has 0 spiro atoms. The third kappa shape index (κ3) is 6.74. The number of anilines is 2. The summed E-state index contributed by atoms with van der Waals surface area (Å²) in [5.41, 5.74) is 2.96. The van der Waals surface area contributed by atoms with Crippen LogP contribution in [0, 0.1) is 5.92 Å². The summed E-state index contributed by atoms with van der Waals surface area (Å²) in [7, 11) is 2.02. The van der Waals surface area contributed by atoms with Crippen molar-refractivity contribution in [3.63, 3.8) is 0 Å². The first-order chi connectivity index (χ1) is 14.9. The summed E-state index contributed by atoms with van der Waals surface area (Å²) < 4.78 is 0. The summed E-state index contributed by atoms with van der Waals surface area (Å²) >= 11 is 0. The number of carbonyl (C=O) groups excluding carboxylic acids is 2. The van der Waals surface area contributed by atoms with E-state index in [2.05, 4.69) is 41.5 Å². The second-order valence-corrected chi connectivity index (χ2v) is 8.71. The largest absolute Gasteiger partial charge is 0.369 e. The minimum absolute atomic E-state index is 0.0808. The van der Waals surface area contributed by atoms with Crippen molar-refractivity contribution in [1.82, 2.24) is 10.2 Å². The summed E-state index contributed by atoms with van der Waals surface area (Å²) in [6.07, 6.45) is 2.16. The van der Waals surface area contributed by atoms with Crippen molar-refractivity contribution >= 4 is 23.3 Å². The van der Waals surface area contributed by atoms with Gasteiger partial charge in [-0.2, -0.15) is 0 Å². The Hall–Kier alpha value is -3.02. The zero-order valence-corrected chi connectivity index (χ0v) is 18.8. The topological polar surface area (TPSA) is 64.7 Å². The first kappa shape index (κ1) is 22.7. The van der Waals surface area contributed by atoms with Crippen LogP contribution in [0.1, 0.15) is 38.7 Å².